The number of rotatable bonds is 4. The van der Waals surface area contributed by atoms with Crippen molar-refractivity contribution in [3.05, 3.63) is 46.7 Å². The number of carbonyl (C=O) groups excluding carboxylic acids is 1. The normalized spacial score (nSPS) is 20.1. The first kappa shape index (κ1) is 18.5. The van der Waals surface area contributed by atoms with Crippen molar-refractivity contribution in [3.63, 3.8) is 0 Å². The Balaban J connectivity index is 2.66. The lowest BCUT2D eigenvalue weighted by molar-refractivity contribution is -0.143. The molecule has 0 fully saturated rings. The van der Waals surface area contributed by atoms with E-state index >= 15 is 0 Å². The number of carboxylic acids is 1. The number of esters is 1. The van der Waals surface area contributed by atoms with Gasteiger partial charge in [-0.15, -0.1) is 6.42 Å². The van der Waals surface area contributed by atoms with Crippen LogP contribution in [0.1, 0.15) is 44.7 Å². The molecule has 2 rings (SSSR count). The number of carboxylic acid groups (broad SMARTS) is 1. The first-order chi connectivity index (χ1) is 11.8. The molecule has 1 aromatic rings. The quantitative estimate of drug-likeness (QED) is 0.675. The van der Waals surface area contributed by atoms with E-state index in [1.807, 2.05) is 0 Å². The molecule has 0 saturated carbocycles. The fraction of sp³-hybridized carbons (Fsp3) is 0.350. The second kappa shape index (κ2) is 7.35. The Kier molecular flexibility index (Phi) is 5.43. The number of hydrogen-bond acceptors (Lipinski definition) is 4. The molecule has 0 aliphatic carbocycles. The average Bonchev–Trinajstić information content (AvgIpc) is 2.52. The highest BCUT2D eigenvalue weighted by Gasteiger charge is 2.41. The van der Waals surface area contributed by atoms with E-state index in [0.29, 0.717) is 22.5 Å². The molecule has 1 aliphatic heterocycles. The number of hydrogen-bond donors (Lipinski definition) is 1. The van der Waals surface area contributed by atoms with E-state index in [0.717, 1.165) is 0 Å². The fourth-order valence-corrected chi connectivity index (χ4v) is 3.08. The van der Waals surface area contributed by atoms with Crippen LogP contribution in [0.15, 0.2) is 40.5 Å². The highest BCUT2D eigenvalue weighted by Crippen LogP contribution is 2.39. The Labute approximate surface area is 147 Å². The summed E-state index contributed by atoms with van der Waals surface area (Å²) < 4.78 is 5.33. The van der Waals surface area contributed by atoms with Gasteiger partial charge in [-0.2, -0.15) is 0 Å². The molecule has 0 spiro atoms. The number of allylic oxidation sites excluding steroid dienone is 1. The minimum atomic E-state index is -1.04. The van der Waals surface area contributed by atoms with Crippen molar-refractivity contribution in [3.8, 4) is 12.3 Å². The van der Waals surface area contributed by atoms with Crippen molar-refractivity contribution in [1.29, 1.82) is 0 Å². The van der Waals surface area contributed by atoms with Crippen LogP contribution in [0.4, 0.5) is 0 Å². The molecule has 2 unspecified atom stereocenters. The lowest BCUT2D eigenvalue weighted by Gasteiger charge is -2.31. The van der Waals surface area contributed by atoms with Crippen LogP contribution < -0.4 is 0 Å². The van der Waals surface area contributed by atoms with Gasteiger partial charge in [0.05, 0.1) is 11.7 Å². The Hall–Kier alpha value is -2.87. The highest BCUT2D eigenvalue weighted by molar-refractivity contribution is 6.06. The van der Waals surface area contributed by atoms with Gasteiger partial charge in [-0.25, -0.2) is 4.79 Å². The van der Waals surface area contributed by atoms with Gasteiger partial charge in [0.15, 0.2) is 0 Å². The molecule has 0 aromatic heterocycles. The number of benzene rings is 1. The predicted molar refractivity (Wildman–Crippen MR) is 95.3 cm³/mol. The summed E-state index contributed by atoms with van der Waals surface area (Å²) in [4.78, 5) is 28.8. The maximum atomic E-state index is 12.6. The molecule has 1 heterocycles. The molecule has 2 atom stereocenters. The molecule has 25 heavy (non-hydrogen) atoms. The van der Waals surface area contributed by atoms with Crippen LogP contribution in [-0.4, -0.2) is 28.9 Å². The van der Waals surface area contributed by atoms with Gasteiger partial charge in [0.1, 0.15) is 5.92 Å². The van der Waals surface area contributed by atoms with Crippen LogP contribution in [0.2, 0.25) is 0 Å². The van der Waals surface area contributed by atoms with Gasteiger partial charge in [-0.05, 0) is 45.4 Å². The molecular formula is C20H21NO4. The molecular weight excluding hydrogens is 318 g/mol. The molecule has 1 aliphatic rings. The minimum absolute atomic E-state index is 0.265. The van der Waals surface area contributed by atoms with E-state index in [9.17, 15) is 14.7 Å². The minimum Gasteiger partial charge on any atom is -0.481 e. The molecule has 1 aromatic carbocycles. The van der Waals surface area contributed by atoms with Gasteiger partial charge in [0.25, 0.3) is 0 Å². The van der Waals surface area contributed by atoms with Crippen LogP contribution >= 0.6 is 0 Å². The molecule has 0 bridgehead atoms. The maximum absolute atomic E-state index is 12.6. The molecule has 130 valence electrons. The second-order valence-electron chi connectivity index (χ2n) is 6.27. The Bertz CT molecular complexity index is 811. The summed E-state index contributed by atoms with van der Waals surface area (Å²) in [7, 11) is 0. The Morgan fingerprint density at radius 2 is 2.00 bits per heavy atom. The molecule has 1 N–H and O–H groups in total. The molecule has 0 saturated heterocycles. The number of aliphatic imine (C=N–C) groups is 1. The summed E-state index contributed by atoms with van der Waals surface area (Å²) in [5.74, 6) is -0.704. The third-order valence-electron chi connectivity index (χ3n) is 4.07. The van der Waals surface area contributed by atoms with Gasteiger partial charge in [-0.1, -0.05) is 18.1 Å². The number of aliphatic carboxylic acids is 1. The molecule has 5 nitrogen and oxygen atoms in total. The SMILES string of the molecule is C#Cc1cccc(C2C(C(=O)OC(C)C)=C(C)N=C(C)C2C(=O)O)c1. The highest BCUT2D eigenvalue weighted by atomic mass is 16.5. The first-order valence-electron chi connectivity index (χ1n) is 8.02. The third-order valence-corrected chi connectivity index (χ3v) is 4.07. The summed E-state index contributed by atoms with van der Waals surface area (Å²) in [6, 6.07) is 7.02. The number of ether oxygens (including phenoxy) is 1. The van der Waals surface area contributed by atoms with Gasteiger partial charge in [0.2, 0.25) is 0 Å². The predicted octanol–water partition coefficient (Wildman–Crippen LogP) is 3.15. The van der Waals surface area contributed by atoms with E-state index in [2.05, 4.69) is 10.9 Å². The van der Waals surface area contributed by atoms with E-state index in [4.69, 9.17) is 11.2 Å². The zero-order chi connectivity index (χ0) is 18.7. The Morgan fingerprint density at radius 1 is 1.32 bits per heavy atom. The Morgan fingerprint density at radius 3 is 2.56 bits per heavy atom. The van der Waals surface area contributed by atoms with Crippen LogP contribution in [-0.2, 0) is 14.3 Å². The zero-order valence-electron chi connectivity index (χ0n) is 14.7. The van der Waals surface area contributed by atoms with Gasteiger partial charge in [-0.3, -0.25) is 9.79 Å². The van der Waals surface area contributed by atoms with Crippen molar-refractivity contribution in [2.45, 2.75) is 39.7 Å². The topological polar surface area (TPSA) is 76.0 Å². The molecule has 5 heteroatoms. The monoisotopic (exact) mass is 339 g/mol. The van der Waals surface area contributed by atoms with Crippen LogP contribution in [0.3, 0.4) is 0 Å². The summed E-state index contributed by atoms with van der Waals surface area (Å²) in [6.07, 6.45) is 5.15. The van der Waals surface area contributed by atoms with E-state index in [-0.39, 0.29) is 11.7 Å². The third kappa shape index (κ3) is 3.80. The summed E-state index contributed by atoms with van der Waals surface area (Å²) in [5, 5.41) is 9.74. The van der Waals surface area contributed by atoms with Gasteiger partial charge >= 0.3 is 11.9 Å². The summed E-state index contributed by atoms with van der Waals surface area (Å²) in [5.41, 5.74) is 2.46. The standard InChI is InChI=1S/C20H21NO4/c1-6-14-8-7-9-15(10-14)18-16(19(22)23)12(4)21-13(5)17(18)20(24)25-11(2)3/h1,7-11,16,18H,2-5H3,(H,22,23). The number of carbonyl (C=O) groups is 2. The van der Waals surface area contributed by atoms with Gasteiger partial charge < -0.3 is 9.84 Å². The maximum Gasteiger partial charge on any atom is 0.336 e. The van der Waals surface area contributed by atoms with Crippen LogP contribution in [0, 0.1) is 18.3 Å². The largest absolute Gasteiger partial charge is 0.481 e. The average molecular weight is 339 g/mol. The van der Waals surface area contributed by atoms with Crippen LogP contribution in [0.5, 0.6) is 0 Å². The van der Waals surface area contributed by atoms with Crippen molar-refractivity contribution >= 4 is 17.7 Å². The van der Waals surface area contributed by atoms with Crippen molar-refractivity contribution in [1.82, 2.24) is 0 Å². The van der Waals surface area contributed by atoms with E-state index in [1.54, 1.807) is 52.0 Å². The van der Waals surface area contributed by atoms with Crippen LogP contribution in [0.25, 0.3) is 0 Å². The van der Waals surface area contributed by atoms with Crippen molar-refractivity contribution in [2.24, 2.45) is 10.9 Å². The molecule has 0 radical (unpaired) electrons. The van der Waals surface area contributed by atoms with E-state index in [1.165, 1.54) is 0 Å². The van der Waals surface area contributed by atoms with Gasteiger partial charge in [0, 0.05) is 22.9 Å². The fourth-order valence-electron chi connectivity index (χ4n) is 3.08. The summed E-state index contributed by atoms with van der Waals surface area (Å²) in [6.45, 7) is 6.84. The lowest BCUT2D eigenvalue weighted by Crippen LogP contribution is -2.35. The molecule has 0 amide bonds. The number of terminal acetylenes is 1. The van der Waals surface area contributed by atoms with Crippen molar-refractivity contribution in [2.75, 3.05) is 0 Å². The lowest BCUT2D eigenvalue weighted by atomic mass is 9.75. The van der Waals surface area contributed by atoms with E-state index < -0.39 is 23.8 Å². The second-order valence-corrected chi connectivity index (χ2v) is 6.27. The summed E-state index contributed by atoms with van der Waals surface area (Å²) >= 11 is 0. The van der Waals surface area contributed by atoms with Crippen molar-refractivity contribution < 1.29 is 19.4 Å². The smallest absolute Gasteiger partial charge is 0.336 e. The first-order valence-corrected chi connectivity index (χ1v) is 8.02. The zero-order valence-corrected chi connectivity index (χ0v) is 14.7. The number of nitrogens with zero attached hydrogens (tertiary/aromatic N) is 1.